The van der Waals surface area contributed by atoms with Crippen LogP contribution in [-0.4, -0.2) is 42.4 Å². The smallest absolute Gasteiger partial charge is 0.269 e. The molecule has 0 radical (unpaired) electrons. The van der Waals surface area contributed by atoms with Gasteiger partial charge in [-0.05, 0) is 24.3 Å². The number of benzene rings is 3. The van der Waals surface area contributed by atoms with Gasteiger partial charge in [0.05, 0.1) is 15.7 Å². The van der Waals surface area contributed by atoms with E-state index in [4.69, 9.17) is 28.3 Å². The van der Waals surface area contributed by atoms with Crippen molar-refractivity contribution in [1.82, 2.24) is 28.9 Å². The minimum absolute atomic E-state index is 0.184. The quantitative estimate of drug-likeness (QED) is 0.130. The van der Waals surface area contributed by atoms with Crippen molar-refractivity contribution in [2.24, 2.45) is 0 Å². The summed E-state index contributed by atoms with van der Waals surface area (Å²) in [6, 6.07) is 30.7. The molecule has 216 valence electrons. The Kier molecular flexibility index (Phi) is 9.13. The minimum Gasteiger partial charge on any atom is -0.593 e. The van der Waals surface area contributed by atoms with Gasteiger partial charge >= 0.3 is 0 Å². The molecule has 3 aromatic carbocycles. The summed E-state index contributed by atoms with van der Waals surface area (Å²) in [5, 5.41) is 7.53. The summed E-state index contributed by atoms with van der Waals surface area (Å²) in [5.41, 5.74) is 2.73. The first-order valence-corrected chi connectivity index (χ1v) is 14.9. The average Bonchev–Trinajstić information content (AvgIpc) is 3.72. The van der Waals surface area contributed by atoms with Crippen molar-refractivity contribution in [3.05, 3.63) is 133 Å². The molecule has 0 aliphatic rings. The van der Waals surface area contributed by atoms with Gasteiger partial charge in [-0.2, -0.15) is 0 Å². The van der Waals surface area contributed by atoms with E-state index in [2.05, 4.69) is 32.0 Å². The molecule has 0 bridgehead atoms. The van der Waals surface area contributed by atoms with Crippen molar-refractivity contribution in [1.29, 1.82) is 0 Å². The minimum atomic E-state index is -3.77. The van der Waals surface area contributed by atoms with Crippen LogP contribution in [0.4, 0.5) is 0 Å². The summed E-state index contributed by atoms with van der Waals surface area (Å²) in [6.07, 6.45) is 3.25. The van der Waals surface area contributed by atoms with E-state index >= 15 is 0 Å². The van der Waals surface area contributed by atoms with E-state index in [0.717, 1.165) is 26.1 Å². The molecule has 0 spiro atoms. The van der Waals surface area contributed by atoms with Crippen molar-refractivity contribution in [2.75, 3.05) is 0 Å². The highest BCUT2D eigenvalue weighted by Gasteiger charge is 2.21. The Morgan fingerprint density at radius 3 is 1.74 bits per heavy atom. The van der Waals surface area contributed by atoms with Gasteiger partial charge in [-0.15, -0.1) is 0 Å². The highest BCUT2D eigenvalue weighted by atomic mass is 35.5. The van der Waals surface area contributed by atoms with Crippen molar-refractivity contribution in [2.45, 2.75) is 4.90 Å². The van der Waals surface area contributed by atoms with Crippen LogP contribution in [0.5, 0.6) is 0 Å². The second-order valence-corrected chi connectivity index (χ2v) is 11.3. The van der Waals surface area contributed by atoms with E-state index in [1.807, 2.05) is 66.7 Å². The first kappa shape index (κ1) is 29.9. The third-order valence-electron chi connectivity index (χ3n) is 6.20. The van der Waals surface area contributed by atoms with Crippen LogP contribution in [0.15, 0.2) is 120 Å². The van der Waals surface area contributed by atoms with Crippen LogP contribution in [0.3, 0.4) is 0 Å². The molecule has 0 fully saturated rings. The summed E-state index contributed by atoms with van der Waals surface area (Å²) in [4.78, 5) is 20.6. The van der Waals surface area contributed by atoms with Gasteiger partial charge in [-0.1, -0.05) is 109 Å². The zero-order valence-corrected chi connectivity index (χ0v) is 24.7. The third kappa shape index (κ3) is 6.27. The maximum Gasteiger partial charge on any atom is 0.269 e. The van der Waals surface area contributed by atoms with Crippen molar-refractivity contribution in [3.8, 4) is 22.8 Å². The Bertz CT molecular complexity index is 2090. The second kappa shape index (κ2) is 13.1. The lowest BCUT2D eigenvalue weighted by Crippen LogP contribution is -2.12. The molecule has 0 unspecified atom stereocenters. The number of aromatic nitrogens is 6. The zero-order chi connectivity index (χ0) is 30.4. The summed E-state index contributed by atoms with van der Waals surface area (Å²) in [7, 11) is -1.27. The SMILES string of the molecule is Clc1nc(-c2ccccc2)nc2[nH]ccc12.O=S(=O)(c1ccccc1)n1ccc2c(Cl)nc(-c3ccccc3)nc21.[CH2-][OH2+]. The Balaban J connectivity index is 0.000000176. The van der Waals surface area contributed by atoms with Crippen LogP contribution >= 0.6 is 23.2 Å². The fourth-order valence-corrected chi connectivity index (χ4v) is 5.97. The summed E-state index contributed by atoms with van der Waals surface area (Å²) in [5.74, 6) is 1.02. The van der Waals surface area contributed by atoms with E-state index in [0.29, 0.717) is 22.2 Å². The van der Waals surface area contributed by atoms with Gasteiger partial charge in [-0.25, -0.2) is 32.3 Å². The van der Waals surface area contributed by atoms with E-state index in [-0.39, 0.29) is 15.7 Å². The largest absolute Gasteiger partial charge is 0.593 e. The highest BCUT2D eigenvalue weighted by molar-refractivity contribution is 7.90. The molecule has 0 saturated heterocycles. The molecule has 0 aliphatic carbocycles. The topological polar surface area (TPSA) is 129 Å². The molecular weight excluding hydrogens is 607 g/mol. The molecule has 9 nitrogen and oxygen atoms in total. The molecule has 0 aliphatic heterocycles. The predicted molar refractivity (Wildman–Crippen MR) is 170 cm³/mol. The summed E-state index contributed by atoms with van der Waals surface area (Å²) < 4.78 is 27.0. The number of halogens is 2. The van der Waals surface area contributed by atoms with Gasteiger partial charge in [0.25, 0.3) is 10.0 Å². The Morgan fingerprint density at radius 1 is 0.651 bits per heavy atom. The number of nitrogens with one attached hydrogen (secondary N) is 1. The molecule has 12 heteroatoms. The Hall–Kier alpha value is -4.61. The van der Waals surface area contributed by atoms with Gasteiger partial charge in [0.2, 0.25) is 0 Å². The third-order valence-corrected chi connectivity index (χ3v) is 8.45. The van der Waals surface area contributed by atoms with E-state index in [9.17, 15) is 8.42 Å². The number of hydrogen-bond donors (Lipinski definition) is 1. The monoisotopic (exact) mass is 630 g/mol. The lowest BCUT2D eigenvalue weighted by atomic mass is 10.2. The first-order valence-electron chi connectivity index (χ1n) is 12.7. The standard InChI is InChI=1S/C18H12ClN3O2S.C12H8ClN3.CH4O/c19-16-15-11-12-22(25(23,24)14-9-5-2-6-10-14)18(15)21-17(20-16)13-7-3-1-4-8-13;13-10-9-6-7-14-12(9)16-11(15-10)8-4-2-1-3-5-8;1-2/h1-12H;1-7H,(H,14,15,16);1-2H2. The average molecular weight is 632 g/mol. The molecule has 4 aromatic heterocycles. The van der Waals surface area contributed by atoms with Crippen LogP contribution in [0.2, 0.25) is 10.3 Å². The van der Waals surface area contributed by atoms with Crippen molar-refractivity contribution < 1.29 is 13.5 Å². The maximum absolute atomic E-state index is 12.9. The number of fused-ring (bicyclic) bond motifs is 2. The van der Waals surface area contributed by atoms with Crippen LogP contribution in [0.25, 0.3) is 44.8 Å². The van der Waals surface area contributed by atoms with Crippen molar-refractivity contribution >= 4 is 55.3 Å². The van der Waals surface area contributed by atoms with Gasteiger partial charge in [0.15, 0.2) is 17.3 Å². The first-order chi connectivity index (χ1) is 20.9. The zero-order valence-electron chi connectivity index (χ0n) is 22.4. The number of nitrogens with zero attached hydrogens (tertiary/aromatic N) is 5. The van der Waals surface area contributed by atoms with Crippen molar-refractivity contribution in [3.63, 3.8) is 0 Å². The number of hydrogen-bond acceptors (Lipinski definition) is 6. The molecule has 7 rings (SSSR count). The van der Waals surface area contributed by atoms with Crippen LogP contribution < -0.4 is 0 Å². The normalized spacial score (nSPS) is 11.0. The molecule has 0 atom stereocenters. The van der Waals surface area contributed by atoms with Gasteiger partial charge < -0.3 is 10.1 Å². The molecule has 3 N–H and O–H groups in total. The molecule has 43 heavy (non-hydrogen) atoms. The maximum atomic E-state index is 12.9. The molecule has 4 heterocycles. The Morgan fingerprint density at radius 2 is 1.16 bits per heavy atom. The summed E-state index contributed by atoms with van der Waals surface area (Å²) in [6.45, 7) is 0. The number of rotatable bonds is 4. The van der Waals surface area contributed by atoms with Gasteiger partial charge in [0.1, 0.15) is 16.0 Å². The highest BCUT2D eigenvalue weighted by Crippen LogP contribution is 2.28. The lowest BCUT2D eigenvalue weighted by Gasteiger charge is -2.08. The fourth-order valence-electron chi connectivity index (χ4n) is 4.19. The molecule has 0 amide bonds. The fraction of sp³-hybridized carbons (Fsp3) is 0. The van der Waals surface area contributed by atoms with Gasteiger partial charge in [-0.3, -0.25) is 0 Å². The lowest BCUT2D eigenvalue weighted by molar-refractivity contribution is 0.464. The van der Waals surface area contributed by atoms with Crippen LogP contribution in [0.1, 0.15) is 0 Å². The summed E-state index contributed by atoms with van der Waals surface area (Å²) >= 11 is 12.3. The predicted octanol–water partition coefficient (Wildman–Crippen LogP) is 6.77. The van der Waals surface area contributed by atoms with Gasteiger partial charge in [0, 0.05) is 23.5 Å². The molecule has 0 saturated carbocycles. The second-order valence-electron chi connectivity index (χ2n) is 8.81. The molecule has 7 aromatic rings. The molecular formula is C31H24Cl2N6O3S. The van der Waals surface area contributed by atoms with Crippen LogP contribution in [0, 0.1) is 7.11 Å². The van der Waals surface area contributed by atoms with Crippen LogP contribution in [-0.2, 0) is 10.0 Å². The number of aromatic amines is 1. The van der Waals surface area contributed by atoms with E-state index in [1.54, 1.807) is 42.6 Å². The Labute approximate surface area is 257 Å². The number of H-pyrrole nitrogens is 1. The van der Waals surface area contributed by atoms with E-state index < -0.39 is 10.0 Å². The van der Waals surface area contributed by atoms with E-state index in [1.165, 1.54) is 6.20 Å².